The summed E-state index contributed by atoms with van der Waals surface area (Å²) in [6.07, 6.45) is -2.01. The molecule has 6 amide bonds. The molecule has 114 heavy (non-hydrogen) atoms. The standard InChI is InChI=1S/C80H101N11O21S2/c1-9-62(93)83-57-31-51(36-109-27-28-114(106,107)108)90(72(57)100)34-63(94)86-64(44(2)3)71(99)82-45(4)58(92)30-47-17-18-50(49(29-47)19-21-59-66(95)67(96)68(97)69(112-59)74(103)104)35-110-76(105)88(8)25-26-111-80-40-77(6)37-78(7,41-80)39-79(38-77,42-80)43-91-46(5)54(32-81-91)52-20-22-61(85-65(52)73(101)102)89-24-23-48-13-12-14-53(55(48)33-89)70(98)87-75-84-56-15-10-11-16-60(56)113-75/h10-18,20,22,29,32,44-45,51,57,59,64,66-69,95-97H,9,19,21,23-28,30-31,33-43H2,1-8H3,(H,82,99)(H,83,93)(H,86,94)(H,101,102)(H,103,104)(H,84,87,98)(H,106,107,108)/t45-,51-,57-,59-,64-,66-,67+,68-,69?,77?,78?,79?,80?/m0/s1. The lowest BCUT2D eigenvalue weighted by Crippen LogP contribution is -2.64. The average molecular weight is 1620 g/mol. The maximum absolute atomic E-state index is 14.0. The number of thiazole rings is 1. The van der Waals surface area contributed by atoms with Gasteiger partial charge in [0.25, 0.3) is 16.0 Å². The fourth-order valence-electron chi connectivity index (χ4n) is 18.7. The van der Waals surface area contributed by atoms with E-state index in [0.29, 0.717) is 70.4 Å². The molecule has 6 fully saturated rings. The number of benzene rings is 3. The van der Waals surface area contributed by atoms with E-state index >= 15 is 0 Å². The minimum absolute atomic E-state index is 0.0196. The number of para-hydroxylation sites is 1. The SMILES string of the molecule is CCC(=O)N[C@H]1C[C@@H](COCCS(=O)(=O)O)N(CC(=O)N[C@H](C(=O)N[C@@H](C)C(=O)Cc2ccc(COC(=O)N(C)CCOC34CC5(C)CC(C)(CC(Cn6ncc(-c7ccc(N8CCc9cccc(C(=O)Nc%10nc%11ccccc%11s%10)c9C8)nc7C(=O)O)c6C)(C5)C3)C4)c(CC[C@@H]3OC(C(=O)O)[C@@H](O)[C@H](O)[C@H]3O)c2)C(C)C)C1=O. The molecule has 7 aliphatic rings. The van der Waals surface area contributed by atoms with Crippen LogP contribution in [0.5, 0.6) is 0 Å². The molecule has 11 atom stereocenters. The van der Waals surface area contributed by atoms with Gasteiger partial charge in [0.15, 0.2) is 22.7 Å². The predicted molar refractivity (Wildman–Crippen MR) is 416 cm³/mol. The Labute approximate surface area is 663 Å². The van der Waals surface area contributed by atoms with Crippen LogP contribution in [0.15, 0.2) is 79.0 Å². The van der Waals surface area contributed by atoms with Crippen molar-refractivity contribution in [3.05, 3.63) is 124 Å². The van der Waals surface area contributed by atoms with Crippen molar-refractivity contribution in [1.82, 2.24) is 45.5 Å². The van der Waals surface area contributed by atoms with Gasteiger partial charge in [0.2, 0.25) is 23.6 Å². The first-order valence-electron chi connectivity index (χ1n) is 38.5. The number of aliphatic hydroxyl groups excluding tert-OH is 3. The van der Waals surface area contributed by atoms with E-state index < -0.39 is 143 Å². The van der Waals surface area contributed by atoms with Crippen molar-refractivity contribution in [1.29, 1.82) is 0 Å². The monoisotopic (exact) mass is 1620 g/mol. The van der Waals surface area contributed by atoms with Gasteiger partial charge in [-0.3, -0.25) is 43.3 Å². The molecule has 4 saturated carbocycles. The fourth-order valence-corrected chi connectivity index (χ4v) is 19.9. The zero-order valence-corrected chi connectivity index (χ0v) is 66.7. The first-order chi connectivity index (χ1) is 53.9. The Balaban J connectivity index is 0.673. The number of likely N-dealkylation sites (N-methyl/N-ethyl adjacent to an activating group) is 1. The molecule has 3 unspecified atom stereocenters. The molecule has 6 aromatic rings. The predicted octanol–water partition coefficient (Wildman–Crippen LogP) is 5.81. The van der Waals surface area contributed by atoms with Gasteiger partial charge in [0.1, 0.15) is 42.8 Å². The lowest BCUT2D eigenvalue weighted by Gasteiger charge is -2.69. The second kappa shape index (κ2) is 34.2. The quantitative estimate of drug-likeness (QED) is 0.0172. The number of carbonyl (C=O) groups is 9. The Morgan fingerprint density at radius 3 is 2.29 bits per heavy atom. The summed E-state index contributed by atoms with van der Waals surface area (Å²) < 4.78 is 58.7. The highest BCUT2D eigenvalue weighted by molar-refractivity contribution is 7.85. The summed E-state index contributed by atoms with van der Waals surface area (Å²) in [5.74, 6) is -6.82. The van der Waals surface area contributed by atoms with Crippen LogP contribution in [-0.4, -0.2) is 234 Å². The number of nitrogens with one attached hydrogen (secondary N) is 4. The third kappa shape index (κ3) is 19.1. The normalized spacial score (nSPS) is 25.6. The maximum Gasteiger partial charge on any atom is 0.409 e. The van der Waals surface area contributed by atoms with Crippen molar-refractivity contribution < 1.29 is 101 Å². The number of rotatable bonds is 33. The number of anilines is 2. The number of nitrogens with zero attached hydrogens (tertiary/aromatic N) is 7. The van der Waals surface area contributed by atoms with E-state index in [1.54, 1.807) is 64.3 Å². The molecule has 13 rings (SSSR count). The molecule has 0 radical (unpaired) electrons. The molecule has 3 aromatic heterocycles. The Morgan fingerprint density at radius 1 is 0.842 bits per heavy atom. The Bertz CT molecular complexity index is 4750. The van der Waals surface area contributed by atoms with Crippen LogP contribution in [0.2, 0.25) is 0 Å². The molecule has 614 valence electrons. The van der Waals surface area contributed by atoms with Crippen LogP contribution in [0.4, 0.5) is 15.7 Å². The van der Waals surface area contributed by atoms with Crippen LogP contribution in [0.3, 0.4) is 0 Å². The average Bonchev–Trinajstić information content (AvgIpc) is 0.714. The molecule has 3 aromatic carbocycles. The van der Waals surface area contributed by atoms with E-state index in [-0.39, 0.29) is 86.3 Å². The van der Waals surface area contributed by atoms with E-state index in [9.17, 15) is 77.1 Å². The second-order valence-electron chi connectivity index (χ2n) is 32.8. The zero-order chi connectivity index (χ0) is 82.1. The van der Waals surface area contributed by atoms with Crippen LogP contribution in [0, 0.1) is 29.1 Å². The molecule has 32 nitrogen and oxygen atoms in total. The number of aromatic carboxylic acids is 1. The van der Waals surface area contributed by atoms with Gasteiger partial charge in [-0.25, -0.2) is 24.4 Å². The van der Waals surface area contributed by atoms with Gasteiger partial charge < -0.3 is 75.1 Å². The summed E-state index contributed by atoms with van der Waals surface area (Å²) in [4.78, 5) is 135. The maximum atomic E-state index is 14.0. The summed E-state index contributed by atoms with van der Waals surface area (Å²) in [6.45, 7) is 13.2. The van der Waals surface area contributed by atoms with Gasteiger partial charge in [0.05, 0.1) is 72.3 Å². The van der Waals surface area contributed by atoms with Crippen LogP contribution < -0.4 is 26.2 Å². The number of Topliss-reactive ketones (excluding diaryl/α,β-unsaturated/α-hetero) is 1. The Hall–Kier alpha value is -9.39. The number of fused-ring (bicyclic) bond motifs is 2. The molecule has 3 aliphatic heterocycles. The fraction of sp³-hybridized carbons (Fsp3) is 0.550. The van der Waals surface area contributed by atoms with Crippen LogP contribution in [0.1, 0.15) is 154 Å². The Kier molecular flexibility index (Phi) is 25.2. The van der Waals surface area contributed by atoms with Crippen molar-refractivity contribution in [3.8, 4) is 11.1 Å². The number of hydrogen-bond donors (Lipinski definition) is 10. The third-order valence-electron chi connectivity index (χ3n) is 23.2. The molecule has 0 spiro atoms. The molecular weight excluding hydrogens is 1520 g/mol. The lowest BCUT2D eigenvalue weighted by atomic mass is 9.39. The highest BCUT2D eigenvalue weighted by Gasteiger charge is 2.66. The van der Waals surface area contributed by atoms with Crippen molar-refractivity contribution >= 4 is 96.0 Å². The highest BCUT2D eigenvalue weighted by atomic mass is 32.2. The van der Waals surface area contributed by atoms with E-state index in [2.05, 4.69) is 40.1 Å². The number of hydrogen-bond acceptors (Lipinski definition) is 23. The number of aromatic nitrogens is 4. The number of ether oxygens (including phenoxy) is 4. The third-order valence-corrected chi connectivity index (χ3v) is 24.8. The van der Waals surface area contributed by atoms with Gasteiger partial charge in [-0.15, -0.1) is 0 Å². The van der Waals surface area contributed by atoms with Crippen LogP contribution in [-0.2, 0) is 96.8 Å². The minimum atomic E-state index is -4.36. The number of aliphatic carboxylic acids is 1. The van der Waals surface area contributed by atoms with E-state index in [4.69, 9.17) is 33.6 Å². The molecule has 4 bridgehead atoms. The second-order valence-corrected chi connectivity index (χ2v) is 35.4. The Morgan fingerprint density at radius 2 is 1.59 bits per heavy atom. The summed E-state index contributed by atoms with van der Waals surface area (Å²) >= 11 is 1.40. The number of ketones is 1. The number of aliphatic hydroxyl groups is 3. The number of carboxylic acid groups (broad SMARTS) is 2. The smallest absolute Gasteiger partial charge is 0.409 e. The number of carbonyl (C=O) groups excluding carboxylic acids is 7. The zero-order valence-electron chi connectivity index (χ0n) is 65.1. The lowest BCUT2D eigenvalue weighted by molar-refractivity contribution is -0.248. The van der Waals surface area contributed by atoms with Gasteiger partial charge in [0, 0.05) is 68.5 Å². The van der Waals surface area contributed by atoms with Gasteiger partial charge in [-0.05, 0) is 158 Å². The number of amides is 6. The van der Waals surface area contributed by atoms with E-state index in [1.165, 1.54) is 23.2 Å². The van der Waals surface area contributed by atoms with Crippen molar-refractivity contribution in [2.24, 2.45) is 22.2 Å². The first kappa shape index (κ1) is 84.0. The molecular formula is C80H101N11O21S2. The van der Waals surface area contributed by atoms with Crippen LogP contribution >= 0.6 is 11.3 Å². The molecule has 34 heteroatoms. The largest absolute Gasteiger partial charge is 0.479 e. The first-order valence-corrected chi connectivity index (χ1v) is 41.0. The number of aryl methyl sites for hydroxylation is 1. The van der Waals surface area contributed by atoms with E-state index in [0.717, 1.165) is 70.5 Å². The molecule has 2 saturated heterocycles. The molecule has 6 heterocycles. The topological polar surface area (TPSA) is 448 Å². The van der Waals surface area contributed by atoms with Crippen molar-refractivity contribution in [3.63, 3.8) is 0 Å². The van der Waals surface area contributed by atoms with Crippen molar-refractivity contribution in [2.75, 3.05) is 62.5 Å². The van der Waals surface area contributed by atoms with Gasteiger partial charge >= 0.3 is 18.0 Å². The summed E-state index contributed by atoms with van der Waals surface area (Å²) in [6, 6.07) is 17.7. The summed E-state index contributed by atoms with van der Waals surface area (Å²) in [5, 5.41) is 69.1. The van der Waals surface area contributed by atoms with Crippen molar-refractivity contribution in [2.45, 2.75) is 206 Å². The minimum Gasteiger partial charge on any atom is -0.479 e. The highest BCUT2D eigenvalue weighted by Crippen LogP contribution is 2.72. The van der Waals surface area contributed by atoms with E-state index in [1.807, 2.05) is 59.0 Å². The summed E-state index contributed by atoms with van der Waals surface area (Å²) in [7, 11) is -2.77. The number of carboxylic acids is 2. The molecule has 4 aliphatic carbocycles. The summed E-state index contributed by atoms with van der Waals surface area (Å²) in [5.41, 5.74) is 5.37. The van der Waals surface area contributed by atoms with Crippen LogP contribution in [0.25, 0.3) is 21.3 Å². The number of pyridine rings is 1. The molecule has 10 N–H and O–H groups in total. The van der Waals surface area contributed by atoms with Gasteiger partial charge in [-0.2, -0.15) is 13.5 Å². The number of likely N-dealkylation sites (tertiary alicyclic amines) is 1. The van der Waals surface area contributed by atoms with Gasteiger partial charge in [-0.1, -0.05) is 88.4 Å².